The van der Waals surface area contributed by atoms with Gasteiger partial charge in [-0.25, -0.2) is 9.59 Å². The molecule has 0 unspecified atom stereocenters. The third-order valence-corrected chi connectivity index (χ3v) is 7.74. The second kappa shape index (κ2) is 13.8. The Morgan fingerprint density at radius 3 is 2.16 bits per heavy atom. The number of esters is 2. The lowest BCUT2D eigenvalue weighted by Crippen LogP contribution is -2.46. The van der Waals surface area contributed by atoms with Crippen molar-refractivity contribution in [2.45, 2.75) is 72.4 Å². The second-order valence-corrected chi connectivity index (χ2v) is 12.9. The van der Waals surface area contributed by atoms with Gasteiger partial charge >= 0.3 is 11.9 Å². The maximum absolute atomic E-state index is 13.7. The van der Waals surface area contributed by atoms with Gasteiger partial charge in [0, 0.05) is 23.8 Å². The van der Waals surface area contributed by atoms with Crippen molar-refractivity contribution in [2.24, 2.45) is 5.41 Å². The lowest BCUT2D eigenvalue weighted by atomic mass is 9.70. The van der Waals surface area contributed by atoms with Crippen LogP contribution in [-0.4, -0.2) is 42.5 Å². The predicted molar refractivity (Wildman–Crippen MR) is 168 cm³/mol. The van der Waals surface area contributed by atoms with Crippen LogP contribution in [0.3, 0.4) is 0 Å². The van der Waals surface area contributed by atoms with E-state index < -0.39 is 40.8 Å². The summed E-state index contributed by atoms with van der Waals surface area (Å²) in [6.45, 7) is 11.1. The van der Waals surface area contributed by atoms with Gasteiger partial charge in [-0.3, -0.25) is 9.59 Å². The molecule has 0 saturated carbocycles. The molecule has 2 amide bonds. The van der Waals surface area contributed by atoms with Crippen LogP contribution in [0.1, 0.15) is 70.3 Å². The van der Waals surface area contributed by atoms with Crippen LogP contribution >= 0.6 is 23.2 Å². The van der Waals surface area contributed by atoms with Gasteiger partial charge in [0.2, 0.25) is 5.91 Å². The van der Waals surface area contributed by atoms with E-state index in [-0.39, 0.29) is 22.0 Å². The molecule has 2 aromatic carbocycles. The van der Waals surface area contributed by atoms with E-state index >= 15 is 0 Å². The monoisotopic (exact) mass is 628 g/mol. The number of benzene rings is 2. The van der Waals surface area contributed by atoms with E-state index in [2.05, 4.69) is 10.6 Å². The number of halogens is 2. The van der Waals surface area contributed by atoms with Crippen LogP contribution in [0.15, 0.2) is 65.3 Å². The Bertz CT molecular complexity index is 1450. The molecule has 1 aliphatic carbocycles. The molecule has 2 N–H and O–H groups in total. The molecule has 230 valence electrons. The van der Waals surface area contributed by atoms with E-state index in [1.165, 1.54) is 13.2 Å². The molecule has 0 heterocycles. The van der Waals surface area contributed by atoms with Crippen molar-refractivity contribution < 1.29 is 28.7 Å². The van der Waals surface area contributed by atoms with Gasteiger partial charge in [-0.15, -0.1) is 0 Å². The topological polar surface area (TPSA) is 111 Å². The summed E-state index contributed by atoms with van der Waals surface area (Å²) in [5, 5.41) is 6.08. The fraction of sp³-hybridized carbons (Fsp3) is 0.394. The average molecular weight is 630 g/mol. The number of allylic oxidation sites excluding steroid dienone is 2. The largest absolute Gasteiger partial charge is 0.467 e. The Kier molecular flexibility index (Phi) is 10.9. The summed E-state index contributed by atoms with van der Waals surface area (Å²) in [7, 11) is 1.26. The minimum absolute atomic E-state index is 0.149. The highest BCUT2D eigenvalue weighted by Gasteiger charge is 2.37. The molecule has 0 bridgehead atoms. The molecule has 0 aromatic heterocycles. The van der Waals surface area contributed by atoms with E-state index in [4.69, 9.17) is 32.7 Å². The maximum atomic E-state index is 13.7. The van der Waals surface area contributed by atoms with Crippen molar-refractivity contribution in [1.82, 2.24) is 5.32 Å². The normalized spacial score (nSPS) is 16.3. The molecule has 1 aliphatic rings. The van der Waals surface area contributed by atoms with E-state index in [9.17, 15) is 19.2 Å². The number of nitrogens with one attached hydrogen (secondary N) is 2. The Balaban J connectivity index is 1.79. The second-order valence-electron chi connectivity index (χ2n) is 12.1. The van der Waals surface area contributed by atoms with Crippen LogP contribution in [-0.2, 0) is 30.3 Å². The Morgan fingerprint density at radius 1 is 1.00 bits per heavy atom. The number of methoxy groups -OCH3 is 1. The third kappa shape index (κ3) is 8.94. The zero-order chi connectivity index (χ0) is 32.1. The predicted octanol–water partition coefficient (Wildman–Crippen LogP) is 6.85. The molecule has 0 aliphatic heterocycles. The van der Waals surface area contributed by atoms with Crippen molar-refractivity contribution in [1.29, 1.82) is 0 Å². The van der Waals surface area contributed by atoms with Crippen LogP contribution in [0.25, 0.3) is 0 Å². The lowest BCUT2D eigenvalue weighted by Gasteiger charge is -2.35. The molecule has 1 atom stereocenters. The first-order chi connectivity index (χ1) is 20.0. The molecule has 8 nitrogen and oxygen atoms in total. The van der Waals surface area contributed by atoms with Gasteiger partial charge in [0.15, 0.2) is 0 Å². The molecular weight excluding hydrogens is 591 g/mol. The average Bonchev–Trinajstić information content (AvgIpc) is 2.89. The van der Waals surface area contributed by atoms with Crippen molar-refractivity contribution in [2.75, 3.05) is 12.4 Å². The molecule has 43 heavy (non-hydrogen) atoms. The number of amides is 2. The number of hydrogen-bond acceptors (Lipinski definition) is 6. The number of hydrogen-bond donors (Lipinski definition) is 2. The molecule has 0 fully saturated rings. The summed E-state index contributed by atoms with van der Waals surface area (Å²) >= 11 is 12.3. The number of carbonyl (C=O) groups is 4. The van der Waals surface area contributed by atoms with Crippen molar-refractivity contribution in [3.05, 3.63) is 86.4 Å². The first-order valence-corrected chi connectivity index (χ1v) is 14.7. The van der Waals surface area contributed by atoms with Gasteiger partial charge < -0.3 is 20.1 Å². The maximum Gasteiger partial charge on any atom is 0.331 e. The van der Waals surface area contributed by atoms with E-state index in [0.717, 1.165) is 11.1 Å². The number of rotatable bonds is 8. The molecule has 0 spiro atoms. The first-order valence-electron chi connectivity index (χ1n) is 13.9. The van der Waals surface area contributed by atoms with Gasteiger partial charge in [0.25, 0.3) is 5.91 Å². The van der Waals surface area contributed by atoms with Crippen LogP contribution in [0, 0.1) is 5.41 Å². The number of anilines is 1. The zero-order valence-electron chi connectivity index (χ0n) is 25.5. The van der Waals surface area contributed by atoms with Gasteiger partial charge in [-0.2, -0.15) is 0 Å². The molecular formula is C33H38Cl2N2O6. The Hall–Kier alpha value is -3.62. The summed E-state index contributed by atoms with van der Waals surface area (Å²) in [5.41, 5.74) is 2.17. The molecule has 3 rings (SSSR count). The van der Waals surface area contributed by atoms with Crippen molar-refractivity contribution >= 4 is 52.6 Å². The van der Waals surface area contributed by atoms with Gasteiger partial charge in [0.05, 0.1) is 22.7 Å². The minimum Gasteiger partial charge on any atom is -0.467 e. The Labute approximate surface area is 262 Å². The fourth-order valence-corrected chi connectivity index (χ4v) is 5.56. The van der Waals surface area contributed by atoms with Crippen LogP contribution in [0.2, 0.25) is 10.0 Å². The number of ether oxygens (including phenoxy) is 2. The van der Waals surface area contributed by atoms with E-state index in [0.29, 0.717) is 29.7 Å². The smallest absolute Gasteiger partial charge is 0.331 e. The zero-order valence-corrected chi connectivity index (χ0v) is 27.0. The summed E-state index contributed by atoms with van der Waals surface area (Å²) in [6, 6.07) is 10.7. The fourth-order valence-electron chi connectivity index (χ4n) is 4.99. The molecule has 0 saturated heterocycles. The van der Waals surface area contributed by atoms with Crippen molar-refractivity contribution in [3.63, 3.8) is 0 Å². The SMILES string of the molecule is COC(=O)[C@H](Cc1ccc(NC(=O)c2c(Cl)cccc2Cl)cc1)NC(=O)C1=C(C)/C(=C/C(=O)OC(C)(C)C)CCC1(C)C. The van der Waals surface area contributed by atoms with E-state index in [1.807, 2.05) is 20.8 Å². The minimum atomic E-state index is -0.976. The summed E-state index contributed by atoms with van der Waals surface area (Å²) < 4.78 is 10.4. The highest BCUT2D eigenvalue weighted by Crippen LogP contribution is 2.42. The first kappa shape index (κ1) is 33.9. The van der Waals surface area contributed by atoms with Crippen LogP contribution in [0.4, 0.5) is 5.69 Å². The lowest BCUT2D eigenvalue weighted by molar-refractivity contribution is -0.148. The highest BCUT2D eigenvalue weighted by atomic mass is 35.5. The van der Waals surface area contributed by atoms with Crippen LogP contribution in [0.5, 0.6) is 0 Å². The Morgan fingerprint density at radius 2 is 1.60 bits per heavy atom. The standard InChI is InChI=1S/C33H38Cl2N2O6/c1-19-21(18-26(38)43-32(2,3)4)15-16-33(5,6)28(19)30(40)37-25(31(41)42-7)17-20-11-13-22(14-12-20)36-29(39)27-23(34)9-8-10-24(27)35/h8-14,18,25H,15-17H2,1-7H3,(H,36,39)(H,37,40)/b21-18+/t25-/m0/s1. The molecule has 2 aromatic rings. The summed E-state index contributed by atoms with van der Waals surface area (Å²) in [6.07, 6.45) is 2.84. The molecule has 0 radical (unpaired) electrons. The molecule has 10 heteroatoms. The van der Waals surface area contributed by atoms with Crippen LogP contribution < -0.4 is 10.6 Å². The third-order valence-electron chi connectivity index (χ3n) is 7.11. The van der Waals surface area contributed by atoms with Crippen molar-refractivity contribution in [3.8, 4) is 0 Å². The summed E-state index contributed by atoms with van der Waals surface area (Å²) in [4.78, 5) is 51.6. The van der Waals surface area contributed by atoms with Gasteiger partial charge in [0.1, 0.15) is 11.6 Å². The van der Waals surface area contributed by atoms with E-state index in [1.54, 1.807) is 63.2 Å². The summed E-state index contributed by atoms with van der Waals surface area (Å²) in [5.74, 6) is -1.94. The number of carbonyl (C=O) groups excluding carboxylic acids is 4. The van der Waals surface area contributed by atoms with Gasteiger partial charge in [-0.05, 0) is 86.9 Å². The quantitative estimate of drug-likeness (QED) is 0.244. The highest BCUT2D eigenvalue weighted by molar-refractivity contribution is 6.40. The van der Waals surface area contributed by atoms with Gasteiger partial charge in [-0.1, -0.05) is 55.2 Å².